The summed E-state index contributed by atoms with van der Waals surface area (Å²) < 4.78 is 5.90. The van der Waals surface area contributed by atoms with Gasteiger partial charge in [0.2, 0.25) is 0 Å². The Bertz CT molecular complexity index is 1470. The molecule has 0 atom stereocenters. The van der Waals surface area contributed by atoms with E-state index in [4.69, 9.17) is 31.4 Å². The van der Waals surface area contributed by atoms with E-state index in [1.807, 2.05) is 62.4 Å². The number of H-pyrrole nitrogens is 1. The van der Waals surface area contributed by atoms with Crippen LogP contribution in [0.2, 0.25) is 5.02 Å². The van der Waals surface area contributed by atoms with Crippen LogP contribution in [0, 0.1) is 6.92 Å². The minimum absolute atomic E-state index is 0.305. The first-order valence-electron chi connectivity index (χ1n) is 10.8. The van der Waals surface area contributed by atoms with Gasteiger partial charge < -0.3 is 14.8 Å². The van der Waals surface area contributed by atoms with Crippen LogP contribution >= 0.6 is 22.9 Å². The number of allylic oxidation sites excluding steroid dienone is 5. The van der Waals surface area contributed by atoms with Crippen molar-refractivity contribution in [3.8, 4) is 27.2 Å². The van der Waals surface area contributed by atoms with Crippen LogP contribution < -0.4 is 4.74 Å². The quantitative estimate of drug-likeness (QED) is 0.319. The number of hydrogen-bond acceptors (Lipinski definition) is 7. The molecular formula is C26H23ClN4O3S. The highest BCUT2D eigenvalue weighted by molar-refractivity contribution is 7.18. The van der Waals surface area contributed by atoms with E-state index in [-0.39, 0.29) is 0 Å². The molecule has 3 aromatic heterocycles. The molecule has 0 bridgehead atoms. The van der Waals surface area contributed by atoms with Crippen molar-refractivity contribution in [1.82, 2.24) is 19.9 Å². The standard InChI is InChI=1S/C25H19ClN4O2S.CH4O/c1-14-8-10-18(11-9-17(14)13-31)32-25-28-20-12-19(26)21(29-23(20)30-25)22-15(2)27-24(33-22)16-6-4-3-5-7-16;1-2/h3-8,10-13H,9H2,1-2H3,(H,28,29,30);2H,1H3. The predicted octanol–water partition coefficient (Wildman–Crippen LogP) is 6.06. The molecule has 0 radical (unpaired) electrons. The minimum atomic E-state index is 0.305. The van der Waals surface area contributed by atoms with Gasteiger partial charge in [-0.05, 0) is 49.6 Å². The van der Waals surface area contributed by atoms with Crippen molar-refractivity contribution in [2.24, 2.45) is 0 Å². The average molecular weight is 507 g/mol. The lowest BCUT2D eigenvalue weighted by molar-refractivity contribution is -0.105. The van der Waals surface area contributed by atoms with Gasteiger partial charge in [-0.15, -0.1) is 11.3 Å². The topological polar surface area (TPSA) is 101 Å². The van der Waals surface area contributed by atoms with Gasteiger partial charge in [0.05, 0.1) is 21.1 Å². The molecule has 0 saturated carbocycles. The Hall–Kier alpha value is -3.59. The third kappa shape index (κ3) is 5.24. The highest BCUT2D eigenvalue weighted by atomic mass is 35.5. The maximum Gasteiger partial charge on any atom is 0.301 e. The molecule has 178 valence electrons. The Morgan fingerprint density at radius 3 is 2.63 bits per heavy atom. The zero-order valence-corrected chi connectivity index (χ0v) is 20.9. The normalized spacial score (nSPS) is 13.2. The summed E-state index contributed by atoms with van der Waals surface area (Å²) >= 11 is 8.15. The van der Waals surface area contributed by atoms with Crippen molar-refractivity contribution in [2.75, 3.05) is 7.11 Å². The number of aldehydes is 1. The number of aliphatic hydroxyl groups excluding tert-OH is 1. The number of thiazole rings is 1. The lowest BCUT2D eigenvalue weighted by Gasteiger charge is -2.01. The van der Waals surface area contributed by atoms with Gasteiger partial charge in [0, 0.05) is 12.7 Å². The van der Waals surface area contributed by atoms with E-state index in [1.54, 1.807) is 17.4 Å². The predicted molar refractivity (Wildman–Crippen MR) is 140 cm³/mol. The maximum absolute atomic E-state index is 11.2. The van der Waals surface area contributed by atoms with E-state index in [0.717, 1.165) is 45.7 Å². The van der Waals surface area contributed by atoms with E-state index in [9.17, 15) is 4.79 Å². The van der Waals surface area contributed by atoms with Gasteiger partial charge >= 0.3 is 6.01 Å². The fourth-order valence-electron chi connectivity index (χ4n) is 3.51. The van der Waals surface area contributed by atoms with Gasteiger partial charge in [0.25, 0.3) is 0 Å². The van der Waals surface area contributed by atoms with Crippen molar-refractivity contribution in [3.05, 3.63) is 82.2 Å². The smallest absolute Gasteiger partial charge is 0.301 e. The molecule has 0 spiro atoms. The molecule has 3 heterocycles. The Morgan fingerprint density at radius 2 is 1.89 bits per heavy atom. The van der Waals surface area contributed by atoms with Gasteiger partial charge in [-0.3, -0.25) is 4.79 Å². The second kappa shape index (κ2) is 10.8. The van der Waals surface area contributed by atoms with Gasteiger partial charge in [-0.1, -0.05) is 48.0 Å². The Morgan fingerprint density at radius 1 is 1.11 bits per heavy atom. The molecule has 5 rings (SSSR count). The number of hydrogen-bond donors (Lipinski definition) is 2. The number of aryl methyl sites for hydroxylation is 1. The molecule has 35 heavy (non-hydrogen) atoms. The first-order chi connectivity index (χ1) is 17.0. The number of imidazole rings is 1. The number of carbonyl (C=O) groups is 1. The molecule has 2 N–H and O–H groups in total. The number of aliphatic hydroxyl groups is 1. The number of nitrogens with one attached hydrogen (secondary N) is 1. The van der Waals surface area contributed by atoms with E-state index >= 15 is 0 Å². The summed E-state index contributed by atoms with van der Waals surface area (Å²) in [5, 5.41) is 8.42. The van der Waals surface area contributed by atoms with E-state index < -0.39 is 0 Å². The molecule has 0 saturated heterocycles. The molecule has 7 nitrogen and oxygen atoms in total. The summed E-state index contributed by atoms with van der Waals surface area (Å²) in [7, 11) is 1.00. The maximum atomic E-state index is 11.2. The van der Waals surface area contributed by atoms with E-state index in [1.165, 1.54) is 0 Å². The second-order valence-corrected chi connectivity index (χ2v) is 9.01. The minimum Gasteiger partial charge on any atom is -0.426 e. The first kappa shape index (κ1) is 24.5. The monoisotopic (exact) mass is 506 g/mol. The second-order valence-electron chi connectivity index (χ2n) is 7.60. The highest BCUT2D eigenvalue weighted by Gasteiger charge is 2.18. The zero-order chi connectivity index (χ0) is 24.9. The van der Waals surface area contributed by atoms with Gasteiger partial charge in [0.15, 0.2) is 5.65 Å². The average Bonchev–Trinajstić information content (AvgIpc) is 3.40. The molecule has 0 unspecified atom stereocenters. The molecule has 1 aliphatic carbocycles. The Balaban J connectivity index is 0.00000141. The summed E-state index contributed by atoms with van der Waals surface area (Å²) in [4.78, 5) is 29.1. The number of pyridine rings is 1. The number of carbonyl (C=O) groups excluding carboxylic acids is 1. The Kier molecular flexibility index (Phi) is 7.55. The number of nitrogens with zero attached hydrogens (tertiary/aromatic N) is 3. The summed E-state index contributed by atoms with van der Waals surface area (Å²) in [6.45, 7) is 3.85. The fraction of sp³-hybridized carbons (Fsp3) is 0.154. The van der Waals surface area contributed by atoms with Crippen LogP contribution in [-0.4, -0.2) is 38.4 Å². The molecular weight excluding hydrogens is 484 g/mol. The molecule has 1 aliphatic rings. The van der Waals surface area contributed by atoms with Crippen molar-refractivity contribution in [2.45, 2.75) is 20.3 Å². The Labute approximate surface area is 211 Å². The van der Waals surface area contributed by atoms with Crippen molar-refractivity contribution >= 4 is 40.4 Å². The lowest BCUT2D eigenvalue weighted by Crippen LogP contribution is -1.94. The highest BCUT2D eigenvalue weighted by Crippen LogP contribution is 2.38. The first-order valence-corrected chi connectivity index (χ1v) is 12.0. The van der Waals surface area contributed by atoms with Crippen LogP contribution in [0.1, 0.15) is 19.0 Å². The van der Waals surface area contributed by atoms with Crippen LogP contribution in [0.4, 0.5) is 0 Å². The van der Waals surface area contributed by atoms with Crippen LogP contribution in [-0.2, 0) is 4.79 Å². The van der Waals surface area contributed by atoms with E-state index in [2.05, 4.69) is 9.97 Å². The SMILES string of the molecule is CC1=C(C=O)CC=C(Oc2nc3nc(-c4sc(-c5ccccc5)nc4C)c(Cl)cc3[nH]2)C=C1.CO. The third-order valence-electron chi connectivity index (χ3n) is 5.32. The largest absolute Gasteiger partial charge is 0.426 e. The number of halogens is 1. The molecule has 0 amide bonds. The number of fused-ring (bicyclic) bond motifs is 1. The molecule has 9 heteroatoms. The summed E-state index contributed by atoms with van der Waals surface area (Å²) in [5.74, 6) is 0.599. The summed E-state index contributed by atoms with van der Waals surface area (Å²) in [6.07, 6.45) is 6.90. The zero-order valence-electron chi connectivity index (χ0n) is 19.4. The number of aromatic amines is 1. The van der Waals surface area contributed by atoms with Crippen molar-refractivity contribution < 1.29 is 14.6 Å². The van der Waals surface area contributed by atoms with Crippen LogP contribution in [0.15, 0.2) is 71.5 Å². The van der Waals surface area contributed by atoms with Crippen LogP contribution in [0.3, 0.4) is 0 Å². The van der Waals surface area contributed by atoms with Crippen molar-refractivity contribution in [3.63, 3.8) is 0 Å². The summed E-state index contributed by atoms with van der Waals surface area (Å²) in [5.41, 5.74) is 5.37. The van der Waals surface area contributed by atoms with Crippen LogP contribution in [0.25, 0.3) is 32.3 Å². The lowest BCUT2D eigenvalue weighted by atomic mass is 10.1. The van der Waals surface area contributed by atoms with Gasteiger partial charge in [-0.2, -0.15) is 4.98 Å². The van der Waals surface area contributed by atoms with Crippen molar-refractivity contribution in [1.29, 1.82) is 0 Å². The van der Waals surface area contributed by atoms with E-state index in [0.29, 0.717) is 40.1 Å². The third-order valence-corrected chi connectivity index (χ3v) is 6.82. The molecule has 0 aliphatic heterocycles. The number of rotatable bonds is 5. The molecule has 1 aromatic carbocycles. The number of benzene rings is 1. The summed E-state index contributed by atoms with van der Waals surface area (Å²) in [6, 6.07) is 12.1. The van der Waals surface area contributed by atoms with Crippen LogP contribution in [0.5, 0.6) is 6.01 Å². The van der Waals surface area contributed by atoms with Gasteiger partial charge in [-0.25, -0.2) is 9.97 Å². The fourth-order valence-corrected chi connectivity index (χ4v) is 4.88. The molecule has 0 fully saturated rings. The molecule has 4 aromatic rings. The number of ether oxygens (including phenoxy) is 1. The van der Waals surface area contributed by atoms with Gasteiger partial charge in [0.1, 0.15) is 22.7 Å². The number of aromatic nitrogens is 4.